The fourth-order valence-corrected chi connectivity index (χ4v) is 1.66. The van der Waals surface area contributed by atoms with Gasteiger partial charge in [0.2, 0.25) is 5.91 Å². The molecule has 0 saturated heterocycles. The summed E-state index contributed by atoms with van der Waals surface area (Å²) in [5.41, 5.74) is 1.66. The summed E-state index contributed by atoms with van der Waals surface area (Å²) in [6.07, 6.45) is -4.27. The van der Waals surface area contributed by atoms with Crippen molar-refractivity contribution >= 4 is 17.7 Å². The molecule has 0 fully saturated rings. The van der Waals surface area contributed by atoms with E-state index in [1.54, 1.807) is 24.3 Å². The van der Waals surface area contributed by atoms with Gasteiger partial charge in [-0.2, -0.15) is 18.3 Å². The van der Waals surface area contributed by atoms with Crippen LogP contribution in [-0.4, -0.2) is 38.5 Å². The third-order valence-corrected chi connectivity index (χ3v) is 2.83. The molecule has 0 atom stereocenters. The molecule has 1 heterocycles. The molecule has 0 radical (unpaired) electrons. The lowest BCUT2D eigenvalue weighted by Crippen LogP contribution is -2.21. The summed E-state index contributed by atoms with van der Waals surface area (Å²) in [7, 11) is 0. The number of nitrogens with zero attached hydrogens (tertiary/aromatic N) is 1. The van der Waals surface area contributed by atoms with Gasteiger partial charge in [-0.3, -0.25) is 9.89 Å². The highest BCUT2D eigenvalue weighted by molar-refractivity contribution is 5.89. The zero-order valence-corrected chi connectivity index (χ0v) is 13.1. The minimum Gasteiger partial charge on any atom is -0.508 e. The van der Waals surface area contributed by atoms with E-state index in [2.05, 4.69) is 15.5 Å². The predicted octanol–water partition coefficient (Wildman–Crippen LogP) is 2.63. The molecular weight excluding hydrogens is 343 g/mol. The van der Waals surface area contributed by atoms with E-state index in [9.17, 15) is 23.1 Å². The summed E-state index contributed by atoms with van der Waals surface area (Å²) >= 11 is 0. The van der Waals surface area contributed by atoms with E-state index in [-0.39, 0.29) is 11.7 Å². The number of phenols is 1. The second-order valence-electron chi connectivity index (χ2n) is 4.92. The van der Waals surface area contributed by atoms with Crippen molar-refractivity contribution in [3.63, 3.8) is 0 Å². The summed E-state index contributed by atoms with van der Waals surface area (Å²) in [5.74, 6) is -2.13. The van der Waals surface area contributed by atoms with Gasteiger partial charge in [-0.15, -0.1) is 0 Å². The minimum absolute atomic E-state index is 0.121. The number of aromatic amines is 1. The Morgan fingerprint density at radius 2 is 1.88 bits per heavy atom. The van der Waals surface area contributed by atoms with Crippen molar-refractivity contribution in [3.05, 3.63) is 41.6 Å². The Morgan fingerprint density at radius 1 is 1.28 bits per heavy atom. The molecule has 0 spiro atoms. The Labute approximate surface area is 140 Å². The zero-order valence-electron chi connectivity index (χ0n) is 13.1. The number of aromatic nitrogens is 2. The molecule has 0 saturated carbocycles. The number of aryl methyl sites for hydroxylation is 2. The van der Waals surface area contributed by atoms with Crippen LogP contribution in [0.25, 0.3) is 0 Å². The number of aliphatic carboxylic acids is 1. The van der Waals surface area contributed by atoms with E-state index in [1.807, 2.05) is 13.0 Å². The molecule has 4 N–H and O–H groups in total. The molecule has 0 aliphatic heterocycles. The molecule has 25 heavy (non-hydrogen) atoms. The molecule has 10 heteroatoms. The number of carboxylic acids is 1. The molecule has 1 aromatic carbocycles. The fourth-order valence-electron chi connectivity index (χ4n) is 1.66. The van der Waals surface area contributed by atoms with E-state index >= 15 is 0 Å². The lowest BCUT2D eigenvalue weighted by Gasteiger charge is -2.04. The van der Waals surface area contributed by atoms with Crippen LogP contribution in [-0.2, 0) is 16.0 Å². The van der Waals surface area contributed by atoms with E-state index in [1.165, 1.54) is 0 Å². The molecule has 1 amide bonds. The number of carbonyl (C=O) groups is 2. The Kier molecular flexibility index (Phi) is 6.97. The Bertz CT molecular complexity index is 729. The summed E-state index contributed by atoms with van der Waals surface area (Å²) in [4.78, 5) is 20.6. The second-order valence-corrected chi connectivity index (χ2v) is 4.92. The standard InChI is InChI=1S/C13H15N3O2.C2HF3O2/c1-9-8-12(16-15-9)14-13(18)7-6-10-4-2-3-5-11(10)17;3-2(4,5)1(6)7/h2-5,8,17H,6-7H2,1H3,(H2,14,15,16,18);(H,6,7). The van der Waals surface area contributed by atoms with Crippen molar-refractivity contribution in [2.45, 2.75) is 25.9 Å². The quantitative estimate of drug-likeness (QED) is 0.670. The maximum absolute atomic E-state index is 11.7. The molecule has 0 aliphatic carbocycles. The SMILES string of the molecule is Cc1cc(NC(=O)CCc2ccccc2O)n[nH]1.O=C(O)C(F)(F)F. The highest BCUT2D eigenvalue weighted by atomic mass is 19.4. The van der Waals surface area contributed by atoms with Crippen LogP contribution in [0, 0.1) is 6.92 Å². The normalized spacial score (nSPS) is 10.6. The van der Waals surface area contributed by atoms with Gasteiger partial charge in [0.15, 0.2) is 5.82 Å². The molecule has 0 bridgehead atoms. The first-order chi connectivity index (χ1) is 11.6. The average Bonchev–Trinajstić information content (AvgIpc) is 2.91. The number of rotatable bonds is 4. The van der Waals surface area contributed by atoms with E-state index < -0.39 is 12.1 Å². The Balaban J connectivity index is 0.000000381. The van der Waals surface area contributed by atoms with E-state index in [0.29, 0.717) is 18.7 Å². The van der Waals surface area contributed by atoms with Crippen LogP contribution in [0.1, 0.15) is 17.7 Å². The number of nitrogens with one attached hydrogen (secondary N) is 2. The van der Waals surface area contributed by atoms with Crippen LogP contribution < -0.4 is 5.32 Å². The number of carboxylic acid groups (broad SMARTS) is 1. The van der Waals surface area contributed by atoms with Crippen LogP contribution in [0.5, 0.6) is 5.75 Å². The van der Waals surface area contributed by atoms with Crippen molar-refractivity contribution < 1.29 is 33.0 Å². The number of alkyl halides is 3. The number of para-hydroxylation sites is 1. The highest BCUT2D eigenvalue weighted by Crippen LogP contribution is 2.17. The van der Waals surface area contributed by atoms with Gasteiger partial charge < -0.3 is 15.5 Å². The van der Waals surface area contributed by atoms with Crippen molar-refractivity contribution in [1.29, 1.82) is 0 Å². The summed E-state index contributed by atoms with van der Waals surface area (Å²) < 4.78 is 31.7. The molecule has 136 valence electrons. The number of anilines is 1. The number of aromatic hydroxyl groups is 1. The molecule has 2 aromatic rings. The lowest BCUT2D eigenvalue weighted by atomic mass is 10.1. The zero-order chi connectivity index (χ0) is 19.0. The number of hydrogen-bond acceptors (Lipinski definition) is 4. The van der Waals surface area contributed by atoms with Gasteiger partial charge >= 0.3 is 12.1 Å². The summed E-state index contributed by atoms with van der Waals surface area (Å²) in [6, 6.07) is 8.78. The topological polar surface area (TPSA) is 115 Å². The first kappa shape index (κ1) is 20.0. The summed E-state index contributed by atoms with van der Waals surface area (Å²) in [5, 5.41) is 26.1. The van der Waals surface area contributed by atoms with Crippen LogP contribution in [0.4, 0.5) is 19.0 Å². The highest BCUT2D eigenvalue weighted by Gasteiger charge is 2.38. The van der Waals surface area contributed by atoms with Crippen LogP contribution in [0.2, 0.25) is 0 Å². The van der Waals surface area contributed by atoms with Gasteiger partial charge in [0.25, 0.3) is 0 Å². The Morgan fingerprint density at radius 3 is 2.36 bits per heavy atom. The lowest BCUT2D eigenvalue weighted by molar-refractivity contribution is -0.192. The molecular formula is C15H16F3N3O4. The third-order valence-electron chi connectivity index (χ3n) is 2.83. The van der Waals surface area contributed by atoms with Crippen molar-refractivity contribution in [3.8, 4) is 5.75 Å². The van der Waals surface area contributed by atoms with Gasteiger partial charge in [-0.1, -0.05) is 18.2 Å². The molecule has 0 unspecified atom stereocenters. The van der Waals surface area contributed by atoms with Gasteiger partial charge in [0, 0.05) is 18.2 Å². The van der Waals surface area contributed by atoms with Crippen molar-refractivity contribution in [1.82, 2.24) is 10.2 Å². The number of phenolic OH excluding ortho intramolecular Hbond substituents is 1. The summed E-state index contributed by atoms with van der Waals surface area (Å²) in [6.45, 7) is 1.87. The first-order valence-electron chi connectivity index (χ1n) is 6.98. The number of benzene rings is 1. The number of H-pyrrole nitrogens is 1. The number of halogens is 3. The fraction of sp³-hybridized carbons (Fsp3) is 0.267. The third kappa shape index (κ3) is 7.38. The second kappa shape index (κ2) is 8.71. The number of hydrogen-bond donors (Lipinski definition) is 4. The van der Waals surface area contributed by atoms with E-state index in [0.717, 1.165) is 11.3 Å². The van der Waals surface area contributed by atoms with Crippen molar-refractivity contribution in [2.24, 2.45) is 0 Å². The van der Waals surface area contributed by atoms with E-state index in [4.69, 9.17) is 9.90 Å². The minimum atomic E-state index is -5.08. The Hall–Kier alpha value is -3.04. The monoisotopic (exact) mass is 359 g/mol. The maximum atomic E-state index is 11.7. The van der Waals surface area contributed by atoms with Gasteiger partial charge in [-0.25, -0.2) is 4.79 Å². The average molecular weight is 359 g/mol. The molecule has 2 rings (SSSR count). The van der Waals surface area contributed by atoms with Crippen LogP contribution in [0.15, 0.2) is 30.3 Å². The predicted molar refractivity (Wildman–Crippen MR) is 82.1 cm³/mol. The maximum Gasteiger partial charge on any atom is 0.490 e. The van der Waals surface area contributed by atoms with Crippen LogP contribution >= 0.6 is 0 Å². The largest absolute Gasteiger partial charge is 0.508 e. The van der Waals surface area contributed by atoms with Gasteiger partial charge in [0.1, 0.15) is 5.75 Å². The molecule has 0 aliphatic rings. The van der Waals surface area contributed by atoms with Gasteiger partial charge in [-0.05, 0) is 25.0 Å². The van der Waals surface area contributed by atoms with Crippen LogP contribution in [0.3, 0.4) is 0 Å². The molecule has 7 nitrogen and oxygen atoms in total. The van der Waals surface area contributed by atoms with Gasteiger partial charge in [0.05, 0.1) is 0 Å². The number of amides is 1. The van der Waals surface area contributed by atoms with Crippen molar-refractivity contribution in [2.75, 3.05) is 5.32 Å². The first-order valence-corrected chi connectivity index (χ1v) is 6.98. The smallest absolute Gasteiger partial charge is 0.490 e. The molecule has 1 aromatic heterocycles. The number of carbonyl (C=O) groups excluding carboxylic acids is 1.